The Labute approximate surface area is 137 Å². The predicted molar refractivity (Wildman–Crippen MR) is 96.5 cm³/mol. The average molecular weight is 297 g/mol. The van der Waals surface area contributed by atoms with Gasteiger partial charge in [0.05, 0.1) is 11.5 Å². The molecule has 112 valence electrons. The number of hydrogen-bond acceptors (Lipinski definition) is 1. The number of hydrogen-bond donors (Lipinski definition) is 0. The van der Waals surface area contributed by atoms with Crippen molar-refractivity contribution in [2.45, 2.75) is 12.8 Å². The van der Waals surface area contributed by atoms with Crippen LogP contribution in [0, 0.1) is 16.7 Å². The largest absolute Gasteiger partial charge is 0.197 e. The lowest BCUT2D eigenvalue weighted by Gasteiger charge is -2.27. The Morgan fingerprint density at radius 3 is 2.43 bits per heavy atom. The molecule has 0 saturated carbocycles. The van der Waals surface area contributed by atoms with Gasteiger partial charge >= 0.3 is 0 Å². The molecule has 3 rings (SSSR count). The van der Waals surface area contributed by atoms with E-state index in [0.29, 0.717) is 6.42 Å². The highest BCUT2D eigenvalue weighted by Crippen LogP contribution is 2.41. The standard InChI is InChI=1S/C22H19N/c1-2-14-22(17-23)15-8-11-19(16-22)21-13-7-6-12-20(21)18-9-4-3-5-10-18/h2-13,15H,1,14,16H2. The van der Waals surface area contributed by atoms with Gasteiger partial charge in [0.15, 0.2) is 0 Å². The summed E-state index contributed by atoms with van der Waals surface area (Å²) in [6.07, 6.45) is 9.36. The van der Waals surface area contributed by atoms with Crippen molar-refractivity contribution in [1.29, 1.82) is 5.26 Å². The number of allylic oxidation sites excluding steroid dienone is 5. The van der Waals surface area contributed by atoms with E-state index in [0.717, 1.165) is 6.42 Å². The maximum Gasteiger partial charge on any atom is 0.0831 e. The third kappa shape index (κ3) is 3.03. The first-order chi connectivity index (χ1) is 11.3. The molecule has 0 amide bonds. The van der Waals surface area contributed by atoms with Gasteiger partial charge in [-0.3, -0.25) is 0 Å². The fraction of sp³-hybridized carbons (Fsp3) is 0.136. The van der Waals surface area contributed by atoms with E-state index in [2.05, 4.69) is 67.3 Å². The van der Waals surface area contributed by atoms with Gasteiger partial charge in [-0.05, 0) is 35.1 Å². The summed E-state index contributed by atoms with van der Waals surface area (Å²) in [5.41, 5.74) is 4.34. The zero-order chi connectivity index (χ0) is 16.1. The molecular weight excluding hydrogens is 278 g/mol. The minimum absolute atomic E-state index is 0.477. The first kappa shape index (κ1) is 15.1. The average Bonchev–Trinajstić information content (AvgIpc) is 2.63. The van der Waals surface area contributed by atoms with E-state index < -0.39 is 5.41 Å². The minimum atomic E-state index is -0.477. The van der Waals surface area contributed by atoms with Crippen molar-refractivity contribution in [2.75, 3.05) is 0 Å². The van der Waals surface area contributed by atoms with Gasteiger partial charge in [0.1, 0.15) is 0 Å². The molecule has 0 fully saturated rings. The van der Waals surface area contributed by atoms with Crippen molar-refractivity contribution in [1.82, 2.24) is 0 Å². The Bertz CT molecular complexity index is 805. The number of rotatable bonds is 4. The van der Waals surface area contributed by atoms with Gasteiger partial charge in [0.2, 0.25) is 0 Å². The lowest BCUT2D eigenvalue weighted by molar-refractivity contribution is 0.527. The van der Waals surface area contributed by atoms with Crippen LogP contribution in [0.5, 0.6) is 0 Å². The molecule has 0 saturated heterocycles. The molecule has 1 heteroatoms. The Hall–Kier alpha value is -2.85. The summed E-state index contributed by atoms with van der Waals surface area (Å²) in [6.45, 7) is 3.81. The molecule has 0 aromatic heterocycles. The molecule has 0 bridgehead atoms. The summed E-state index contributed by atoms with van der Waals surface area (Å²) in [7, 11) is 0. The van der Waals surface area contributed by atoms with E-state index in [1.165, 1.54) is 22.3 Å². The van der Waals surface area contributed by atoms with Gasteiger partial charge < -0.3 is 0 Å². The van der Waals surface area contributed by atoms with Crippen LogP contribution in [0.3, 0.4) is 0 Å². The molecule has 2 aromatic rings. The van der Waals surface area contributed by atoms with Gasteiger partial charge in [-0.25, -0.2) is 0 Å². The normalized spacial score (nSPS) is 19.7. The summed E-state index contributed by atoms with van der Waals surface area (Å²) < 4.78 is 0. The van der Waals surface area contributed by atoms with E-state index >= 15 is 0 Å². The van der Waals surface area contributed by atoms with E-state index in [9.17, 15) is 5.26 Å². The van der Waals surface area contributed by atoms with Crippen LogP contribution in [0.1, 0.15) is 18.4 Å². The van der Waals surface area contributed by atoms with Gasteiger partial charge in [-0.1, -0.05) is 78.9 Å². The second-order valence-electron chi connectivity index (χ2n) is 5.90. The Balaban J connectivity index is 2.04. The molecule has 23 heavy (non-hydrogen) atoms. The maximum atomic E-state index is 9.65. The molecule has 1 nitrogen and oxygen atoms in total. The molecule has 1 aliphatic rings. The molecule has 1 aliphatic carbocycles. The third-order valence-corrected chi connectivity index (χ3v) is 4.31. The van der Waals surface area contributed by atoms with Crippen molar-refractivity contribution < 1.29 is 0 Å². The van der Waals surface area contributed by atoms with Gasteiger partial charge in [-0.2, -0.15) is 5.26 Å². The van der Waals surface area contributed by atoms with E-state index in [-0.39, 0.29) is 0 Å². The molecular formula is C22H19N. The lowest BCUT2D eigenvalue weighted by Crippen LogP contribution is -2.17. The molecule has 1 atom stereocenters. The summed E-state index contributed by atoms with van der Waals surface area (Å²) in [5, 5.41) is 9.65. The first-order valence-corrected chi connectivity index (χ1v) is 7.83. The van der Waals surface area contributed by atoms with Crippen LogP contribution >= 0.6 is 0 Å². The molecule has 1 unspecified atom stereocenters. The quantitative estimate of drug-likeness (QED) is 0.656. The fourth-order valence-electron chi connectivity index (χ4n) is 3.14. The molecule has 0 N–H and O–H groups in total. The van der Waals surface area contributed by atoms with Crippen molar-refractivity contribution >= 4 is 5.57 Å². The Morgan fingerprint density at radius 2 is 1.74 bits per heavy atom. The second kappa shape index (κ2) is 6.50. The highest BCUT2D eigenvalue weighted by Gasteiger charge is 2.29. The molecule has 0 spiro atoms. The van der Waals surface area contributed by atoms with Crippen LogP contribution < -0.4 is 0 Å². The highest BCUT2D eigenvalue weighted by molar-refractivity contribution is 5.83. The van der Waals surface area contributed by atoms with E-state index in [4.69, 9.17) is 0 Å². The molecule has 0 radical (unpaired) electrons. The molecule has 0 aliphatic heterocycles. The Kier molecular flexibility index (Phi) is 4.26. The SMILES string of the molecule is C=CCC1(C#N)C=CC=C(c2ccccc2-c2ccccc2)C1. The maximum absolute atomic E-state index is 9.65. The molecule has 2 aromatic carbocycles. The third-order valence-electron chi connectivity index (χ3n) is 4.31. The van der Waals surface area contributed by atoms with Crippen molar-refractivity contribution in [3.63, 3.8) is 0 Å². The van der Waals surface area contributed by atoms with Gasteiger partial charge in [-0.15, -0.1) is 6.58 Å². The van der Waals surface area contributed by atoms with Crippen molar-refractivity contribution in [2.24, 2.45) is 5.41 Å². The highest BCUT2D eigenvalue weighted by atomic mass is 14.4. The zero-order valence-electron chi connectivity index (χ0n) is 13.1. The fourth-order valence-corrected chi connectivity index (χ4v) is 3.14. The summed E-state index contributed by atoms with van der Waals surface area (Å²) in [4.78, 5) is 0. The van der Waals surface area contributed by atoms with Crippen molar-refractivity contribution in [3.8, 4) is 17.2 Å². The van der Waals surface area contributed by atoms with Crippen molar-refractivity contribution in [3.05, 3.63) is 91.0 Å². The monoisotopic (exact) mass is 297 g/mol. The number of nitrogens with zero attached hydrogens (tertiary/aromatic N) is 1. The topological polar surface area (TPSA) is 23.8 Å². The summed E-state index contributed by atoms with van der Waals surface area (Å²) in [6, 6.07) is 21.3. The predicted octanol–water partition coefficient (Wildman–Crippen LogP) is 5.78. The minimum Gasteiger partial charge on any atom is -0.197 e. The summed E-state index contributed by atoms with van der Waals surface area (Å²) >= 11 is 0. The van der Waals surface area contributed by atoms with Crippen LogP contribution in [0.4, 0.5) is 0 Å². The first-order valence-electron chi connectivity index (χ1n) is 7.83. The lowest BCUT2D eigenvalue weighted by atomic mass is 9.74. The smallest absolute Gasteiger partial charge is 0.0831 e. The number of benzene rings is 2. The van der Waals surface area contributed by atoms with Crippen LogP contribution in [0.15, 0.2) is 85.5 Å². The zero-order valence-corrected chi connectivity index (χ0v) is 13.1. The van der Waals surface area contributed by atoms with Gasteiger partial charge in [0.25, 0.3) is 0 Å². The van der Waals surface area contributed by atoms with Crippen LogP contribution in [0.2, 0.25) is 0 Å². The second-order valence-corrected chi connectivity index (χ2v) is 5.90. The Morgan fingerprint density at radius 1 is 1.04 bits per heavy atom. The van der Waals surface area contributed by atoms with Crippen LogP contribution in [-0.2, 0) is 0 Å². The summed E-state index contributed by atoms with van der Waals surface area (Å²) in [5.74, 6) is 0. The van der Waals surface area contributed by atoms with Gasteiger partial charge in [0, 0.05) is 0 Å². The molecule has 0 heterocycles. The van der Waals surface area contributed by atoms with E-state index in [1.807, 2.05) is 24.3 Å². The van der Waals surface area contributed by atoms with Crippen LogP contribution in [-0.4, -0.2) is 0 Å². The van der Waals surface area contributed by atoms with E-state index in [1.54, 1.807) is 0 Å². The van der Waals surface area contributed by atoms with Crippen LogP contribution in [0.25, 0.3) is 16.7 Å². The number of nitriles is 1.